The molecule has 24 heavy (non-hydrogen) atoms. The van der Waals surface area contributed by atoms with E-state index in [0.717, 1.165) is 12.8 Å². The molecule has 0 aromatic heterocycles. The molecule has 0 saturated carbocycles. The number of carbonyl (C=O) groups is 2. The van der Waals surface area contributed by atoms with Gasteiger partial charge in [-0.1, -0.05) is 24.1 Å². The molecule has 2 aliphatic heterocycles. The van der Waals surface area contributed by atoms with Gasteiger partial charge in [-0.15, -0.1) is 6.42 Å². The molecule has 3 rings (SSSR count). The molecule has 5 nitrogen and oxygen atoms in total. The Morgan fingerprint density at radius 3 is 2.71 bits per heavy atom. The van der Waals surface area contributed by atoms with Crippen molar-refractivity contribution in [3.63, 3.8) is 0 Å². The first-order valence-electron chi connectivity index (χ1n) is 8.18. The van der Waals surface area contributed by atoms with E-state index in [-0.39, 0.29) is 18.1 Å². The van der Waals surface area contributed by atoms with Crippen LogP contribution in [0.4, 0.5) is 0 Å². The highest BCUT2D eigenvalue weighted by atomic mass is 16.6. The number of fused-ring (bicyclic) bond motifs is 2. The van der Waals surface area contributed by atoms with Crippen LogP contribution in [-0.4, -0.2) is 48.7 Å². The summed E-state index contributed by atoms with van der Waals surface area (Å²) in [7, 11) is 1.37. The quantitative estimate of drug-likeness (QED) is 0.624. The van der Waals surface area contributed by atoms with Crippen LogP contribution in [0.1, 0.15) is 29.6 Å². The van der Waals surface area contributed by atoms with E-state index in [1.54, 1.807) is 24.3 Å². The zero-order chi connectivity index (χ0) is 17.1. The predicted molar refractivity (Wildman–Crippen MR) is 88.1 cm³/mol. The van der Waals surface area contributed by atoms with E-state index in [0.29, 0.717) is 18.5 Å². The molecule has 0 aliphatic carbocycles. The van der Waals surface area contributed by atoms with Gasteiger partial charge in [0, 0.05) is 18.5 Å². The molecule has 0 radical (unpaired) electrons. The Morgan fingerprint density at radius 1 is 1.29 bits per heavy atom. The van der Waals surface area contributed by atoms with Crippen molar-refractivity contribution in [2.24, 2.45) is 5.92 Å². The summed E-state index contributed by atoms with van der Waals surface area (Å²) in [5.41, 5.74) is 0.486. The highest BCUT2D eigenvalue weighted by molar-refractivity contribution is 5.89. The second-order valence-corrected chi connectivity index (χ2v) is 6.27. The van der Waals surface area contributed by atoms with E-state index in [1.165, 1.54) is 7.11 Å². The number of rotatable bonds is 4. The molecule has 2 unspecified atom stereocenters. The van der Waals surface area contributed by atoms with Gasteiger partial charge in [-0.3, -0.25) is 9.69 Å². The van der Waals surface area contributed by atoms with Crippen LogP contribution in [0.2, 0.25) is 0 Å². The van der Waals surface area contributed by atoms with Crippen molar-refractivity contribution >= 4 is 11.9 Å². The van der Waals surface area contributed by atoms with Crippen LogP contribution in [-0.2, 0) is 14.3 Å². The molecule has 5 heteroatoms. The second-order valence-electron chi connectivity index (χ2n) is 6.27. The van der Waals surface area contributed by atoms with Gasteiger partial charge < -0.3 is 9.47 Å². The third kappa shape index (κ3) is 3.02. The Hall–Kier alpha value is -2.32. The van der Waals surface area contributed by atoms with Gasteiger partial charge in [0.2, 0.25) is 0 Å². The first kappa shape index (κ1) is 16.5. The number of nitrogens with zero attached hydrogens (tertiary/aromatic N) is 1. The van der Waals surface area contributed by atoms with Crippen LogP contribution in [0.25, 0.3) is 0 Å². The van der Waals surface area contributed by atoms with E-state index in [4.69, 9.17) is 15.9 Å². The smallest absolute Gasteiger partial charge is 0.338 e. The number of ether oxygens (including phenoxy) is 2. The summed E-state index contributed by atoms with van der Waals surface area (Å²) in [4.78, 5) is 26.9. The minimum atomic E-state index is -0.491. The molecule has 0 N–H and O–H groups in total. The van der Waals surface area contributed by atoms with E-state index in [1.807, 2.05) is 6.07 Å². The maximum absolute atomic E-state index is 12.4. The Balaban J connectivity index is 1.81. The minimum absolute atomic E-state index is 0.0270. The summed E-state index contributed by atoms with van der Waals surface area (Å²) >= 11 is 0. The lowest BCUT2D eigenvalue weighted by Gasteiger charge is -2.41. The zero-order valence-electron chi connectivity index (χ0n) is 13.7. The zero-order valence-corrected chi connectivity index (χ0v) is 13.7. The molecule has 0 amide bonds. The molecular formula is C19H21NO4. The first-order chi connectivity index (χ1) is 11.7. The maximum atomic E-state index is 12.4. The fourth-order valence-corrected chi connectivity index (χ4v) is 3.97. The van der Waals surface area contributed by atoms with Crippen LogP contribution < -0.4 is 0 Å². The van der Waals surface area contributed by atoms with E-state index in [9.17, 15) is 9.59 Å². The third-order valence-corrected chi connectivity index (χ3v) is 5.03. The highest BCUT2D eigenvalue weighted by Gasteiger charge is 2.52. The topological polar surface area (TPSA) is 55.8 Å². The lowest BCUT2D eigenvalue weighted by atomic mass is 9.87. The lowest BCUT2D eigenvalue weighted by molar-refractivity contribution is -0.156. The van der Waals surface area contributed by atoms with Crippen molar-refractivity contribution in [2.45, 2.75) is 37.5 Å². The number of methoxy groups -OCH3 is 1. The van der Waals surface area contributed by atoms with Crippen LogP contribution in [0.15, 0.2) is 30.3 Å². The number of benzene rings is 1. The van der Waals surface area contributed by atoms with Gasteiger partial charge in [-0.05, 0) is 25.0 Å². The highest BCUT2D eigenvalue weighted by Crippen LogP contribution is 2.41. The first-order valence-corrected chi connectivity index (χ1v) is 8.18. The number of terminal acetylenes is 1. The Bertz CT molecular complexity index is 651. The summed E-state index contributed by atoms with van der Waals surface area (Å²) in [6.45, 7) is 0.502. The minimum Gasteiger partial charge on any atom is -0.469 e. The molecule has 2 heterocycles. The van der Waals surface area contributed by atoms with Gasteiger partial charge in [0.25, 0.3) is 0 Å². The lowest BCUT2D eigenvalue weighted by Crippen LogP contribution is -2.55. The van der Waals surface area contributed by atoms with Crippen molar-refractivity contribution < 1.29 is 19.1 Å². The molecule has 126 valence electrons. The SMILES string of the molecule is C#CCN1C2CCC1[C@@H](C(=O)OC)[C@@H](OC(=O)c1ccccc1)C2. The molecule has 2 bridgehead atoms. The molecule has 2 fully saturated rings. The molecule has 2 saturated heterocycles. The van der Waals surface area contributed by atoms with Gasteiger partial charge in [-0.2, -0.15) is 0 Å². The van der Waals surface area contributed by atoms with E-state index in [2.05, 4.69) is 10.8 Å². The molecule has 1 aromatic carbocycles. The number of hydrogen-bond acceptors (Lipinski definition) is 5. The van der Waals surface area contributed by atoms with E-state index < -0.39 is 18.0 Å². The monoisotopic (exact) mass is 327 g/mol. The number of carbonyl (C=O) groups excluding carboxylic acids is 2. The van der Waals surface area contributed by atoms with Gasteiger partial charge in [0.15, 0.2) is 0 Å². The van der Waals surface area contributed by atoms with Crippen LogP contribution >= 0.6 is 0 Å². The number of piperidine rings is 1. The number of hydrogen-bond donors (Lipinski definition) is 0. The standard InChI is InChI=1S/C19H21NO4/c1-3-11-20-14-9-10-15(20)17(19(22)23-2)16(12-14)24-18(21)13-7-5-4-6-8-13/h1,4-8,14-17H,9-12H2,2H3/t14?,15?,16-,17+/m0/s1. The van der Waals surface area contributed by atoms with Crippen molar-refractivity contribution in [2.75, 3.05) is 13.7 Å². The van der Waals surface area contributed by atoms with Crippen molar-refractivity contribution in [3.05, 3.63) is 35.9 Å². The summed E-state index contributed by atoms with van der Waals surface area (Å²) in [6.07, 6.45) is 7.42. The normalized spacial score (nSPS) is 28.8. The van der Waals surface area contributed by atoms with Gasteiger partial charge in [0.1, 0.15) is 12.0 Å². The van der Waals surface area contributed by atoms with Crippen LogP contribution in [0, 0.1) is 18.3 Å². The van der Waals surface area contributed by atoms with Gasteiger partial charge in [0.05, 0.1) is 19.2 Å². The van der Waals surface area contributed by atoms with Crippen molar-refractivity contribution in [1.29, 1.82) is 0 Å². The molecule has 4 atom stereocenters. The Labute approximate surface area is 141 Å². The molecule has 2 aliphatic rings. The van der Waals surface area contributed by atoms with Gasteiger partial charge >= 0.3 is 11.9 Å². The third-order valence-electron chi connectivity index (χ3n) is 5.03. The Morgan fingerprint density at radius 2 is 2.04 bits per heavy atom. The predicted octanol–water partition coefficient (Wildman–Crippen LogP) is 1.87. The fourth-order valence-electron chi connectivity index (χ4n) is 3.97. The van der Waals surface area contributed by atoms with Crippen molar-refractivity contribution in [1.82, 2.24) is 4.90 Å². The summed E-state index contributed by atoms with van der Waals surface area (Å²) in [5.74, 6) is 1.43. The van der Waals surface area contributed by atoms with Crippen molar-refractivity contribution in [3.8, 4) is 12.3 Å². The summed E-state index contributed by atoms with van der Waals surface area (Å²) in [6, 6.07) is 9.05. The Kier molecular flexibility index (Phi) is 4.86. The molecular weight excluding hydrogens is 306 g/mol. The average Bonchev–Trinajstić information content (AvgIpc) is 2.88. The summed E-state index contributed by atoms with van der Waals surface area (Å²) in [5, 5.41) is 0. The summed E-state index contributed by atoms with van der Waals surface area (Å²) < 4.78 is 10.7. The average molecular weight is 327 g/mol. The fraction of sp³-hybridized carbons (Fsp3) is 0.474. The molecule has 0 spiro atoms. The maximum Gasteiger partial charge on any atom is 0.338 e. The van der Waals surface area contributed by atoms with E-state index >= 15 is 0 Å². The van der Waals surface area contributed by atoms with Gasteiger partial charge in [-0.25, -0.2) is 4.79 Å². The van der Waals surface area contributed by atoms with Crippen LogP contribution in [0.5, 0.6) is 0 Å². The second kappa shape index (κ2) is 7.06. The number of esters is 2. The largest absolute Gasteiger partial charge is 0.469 e. The van der Waals surface area contributed by atoms with Crippen LogP contribution in [0.3, 0.4) is 0 Å². The molecule has 1 aromatic rings.